The van der Waals surface area contributed by atoms with Gasteiger partial charge in [0.05, 0.1) is 6.04 Å². The minimum Gasteiger partial charge on any atom is -0.464 e. The molecule has 1 aromatic heterocycles. The molecule has 2 nitrogen and oxygen atoms in total. The maximum Gasteiger partial charge on any atom is 0.121 e. The van der Waals surface area contributed by atoms with Crippen molar-refractivity contribution in [1.29, 1.82) is 0 Å². The molecular weight excluding hydrogens is 222 g/mol. The fourth-order valence-electron chi connectivity index (χ4n) is 3.85. The van der Waals surface area contributed by atoms with Crippen molar-refractivity contribution in [2.24, 2.45) is 17.8 Å². The van der Waals surface area contributed by atoms with Crippen LogP contribution in [0.3, 0.4) is 0 Å². The van der Waals surface area contributed by atoms with Crippen LogP contribution in [-0.4, -0.2) is 6.54 Å². The second kappa shape index (κ2) is 4.73. The Morgan fingerprint density at radius 1 is 1.33 bits per heavy atom. The van der Waals surface area contributed by atoms with E-state index < -0.39 is 0 Å². The average molecular weight is 247 g/mol. The summed E-state index contributed by atoms with van der Waals surface area (Å²) in [4.78, 5) is 0. The third-order valence-corrected chi connectivity index (χ3v) is 4.96. The fraction of sp³-hybridized carbons (Fsp3) is 0.750. The third kappa shape index (κ3) is 2.01. The summed E-state index contributed by atoms with van der Waals surface area (Å²) in [7, 11) is 0. The first kappa shape index (κ1) is 12.3. The van der Waals surface area contributed by atoms with E-state index in [9.17, 15) is 0 Å². The molecule has 100 valence electrons. The highest BCUT2D eigenvalue weighted by Gasteiger charge is 2.56. The molecule has 3 rings (SSSR count). The Hall–Kier alpha value is -0.760. The largest absolute Gasteiger partial charge is 0.464 e. The summed E-state index contributed by atoms with van der Waals surface area (Å²) in [5, 5.41) is 3.72. The summed E-state index contributed by atoms with van der Waals surface area (Å²) in [6.45, 7) is 7.55. The highest BCUT2D eigenvalue weighted by molar-refractivity contribution is 5.24. The molecule has 2 aliphatic carbocycles. The van der Waals surface area contributed by atoms with E-state index in [0.29, 0.717) is 6.04 Å². The van der Waals surface area contributed by atoms with Crippen molar-refractivity contribution in [1.82, 2.24) is 5.32 Å². The SMILES string of the molecule is CCCNC(c1cc(C)c(C)o1)C1C2CCCC21. The van der Waals surface area contributed by atoms with Gasteiger partial charge in [-0.25, -0.2) is 0 Å². The maximum atomic E-state index is 5.98. The van der Waals surface area contributed by atoms with Crippen LogP contribution in [0.4, 0.5) is 0 Å². The van der Waals surface area contributed by atoms with E-state index in [0.717, 1.165) is 30.1 Å². The van der Waals surface area contributed by atoms with Crippen LogP contribution in [0.5, 0.6) is 0 Å². The Morgan fingerprint density at radius 2 is 2.06 bits per heavy atom. The van der Waals surface area contributed by atoms with Gasteiger partial charge >= 0.3 is 0 Å². The molecule has 0 aliphatic heterocycles. The lowest BCUT2D eigenvalue weighted by atomic mass is 10.0. The summed E-state index contributed by atoms with van der Waals surface area (Å²) in [6, 6.07) is 2.71. The van der Waals surface area contributed by atoms with Crippen molar-refractivity contribution in [3.8, 4) is 0 Å². The molecule has 3 atom stereocenters. The first-order valence-electron chi connectivity index (χ1n) is 7.52. The highest BCUT2D eigenvalue weighted by atomic mass is 16.3. The summed E-state index contributed by atoms with van der Waals surface area (Å²) >= 11 is 0. The van der Waals surface area contributed by atoms with Gasteiger partial charge in [0.25, 0.3) is 0 Å². The Labute approximate surface area is 110 Å². The average Bonchev–Trinajstić information content (AvgIpc) is 2.72. The number of hydrogen-bond donors (Lipinski definition) is 1. The van der Waals surface area contributed by atoms with Gasteiger partial charge < -0.3 is 9.73 Å². The molecule has 0 bridgehead atoms. The van der Waals surface area contributed by atoms with Crippen molar-refractivity contribution >= 4 is 0 Å². The minimum absolute atomic E-state index is 0.465. The molecule has 18 heavy (non-hydrogen) atoms. The second-order valence-electron chi connectivity index (χ2n) is 6.16. The smallest absolute Gasteiger partial charge is 0.121 e. The summed E-state index contributed by atoms with van der Waals surface area (Å²) in [5.41, 5.74) is 1.29. The van der Waals surface area contributed by atoms with E-state index in [2.05, 4.69) is 32.2 Å². The molecule has 2 fully saturated rings. The summed E-state index contributed by atoms with van der Waals surface area (Å²) in [5.74, 6) is 5.06. The zero-order valence-electron chi connectivity index (χ0n) is 11.8. The first-order valence-corrected chi connectivity index (χ1v) is 7.52. The molecule has 0 radical (unpaired) electrons. The number of furan rings is 1. The van der Waals surface area contributed by atoms with E-state index in [-0.39, 0.29) is 0 Å². The van der Waals surface area contributed by atoms with E-state index in [1.54, 1.807) is 0 Å². The van der Waals surface area contributed by atoms with Gasteiger partial charge in [0.2, 0.25) is 0 Å². The molecule has 0 aromatic carbocycles. The van der Waals surface area contributed by atoms with E-state index >= 15 is 0 Å². The molecule has 2 saturated carbocycles. The van der Waals surface area contributed by atoms with Crippen LogP contribution in [0.15, 0.2) is 10.5 Å². The minimum atomic E-state index is 0.465. The second-order valence-corrected chi connectivity index (χ2v) is 6.16. The van der Waals surface area contributed by atoms with Gasteiger partial charge in [0, 0.05) is 0 Å². The van der Waals surface area contributed by atoms with Crippen LogP contribution < -0.4 is 5.32 Å². The first-order chi connectivity index (χ1) is 8.72. The van der Waals surface area contributed by atoms with Gasteiger partial charge in [-0.1, -0.05) is 13.3 Å². The van der Waals surface area contributed by atoms with Crippen LogP contribution in [0.2, 0.25) is 0 Å². The Morgan fingerprint density at radius 3 is 2.61 bits per heavy atom. The van der Waals surface area contributed by atoms with Crippen LogP contribution in [0, 0.1) is 31.6 Å². The Balaban J connectivity index is 1.77. The molecule has 1 heterocycles. The van der Waals surface area contributed by atoms with Crippen LogP contribution >= 0.6 is 0 Å². The standard InChI is InChI=1S/C16H25NO/c1-4-8-17-16(14-9-10(2)11(3)18-14)15-12-6-5-7-13(12)15/h9,12-13,15-17H,4-8H2,1-3H3. The van der Waals surface area contributed by atoms with Gasteiger partial charge in [0.15, 0.2) is 0 Å². The lowest BCUT2D eigenvalue weighted by molar-refractivity contribution is 0.343. The Bertz CT molecular complexity index is 393. The number of fused-ring (bicyclic) bond motifs is 1. The molecule has 0 saturated heterocycles. The van der Waals surface area contributed by atoms with Gasteiger partial charge in [-0.2, -0.15) is 0 Å². The molecule has 2 heteroatoms. The van der Waals surface area contributed by atoms with Crippen molar-refractivity contribution < 1.29 is 4.42 Å². The van der Waals surface area contributed by atoms with E-state index in [1.165, 1.54) is 37.0 Å². The van der Waals surface area contributed by atoms with Crippen molar-refractivity contribution in [2.75, 3.05) is 6.54 Å². The zero-order valence-corrected chi connectivity index (χ0v) is 11.8. The van der Waals surface area contributed by atoms with Gasteiger partial charge in [-0.15, -0.1) is 0 Å². The van der Waals surface area contributed by atoms with E-state index in [4.69, 9.17) is 4.42 Å². The van der Waals surface area contributed by atoms with Crippen molar-refractivity contribution in [3.05, 3.63) is 23.2 Å². The van der Waals surface area contributed by atoms with Crippen LogP contribution in [-0.2, 0) is 0 Å². The third-order valence-electron chi connectivity index (χ3n) is 4.96. The number of hydrogen-bond acceptors (Lipinski definition) is 2. The molecule has 1 aromatic rings. The maximum absolute atomic E-state index is 5.98. The number of nitrogens with one attached hydrogen (secondary N) is 1. The van der Waals surface area contributed by atoms with E-state index in [1.807, 2.05) is 0 Å². The lowest BCUT2D eigenvalue weighted by Gasteiger charge is -2.18. The number of rotatable bonds is 5. The summed E-state index contributed by atoms with van der Waals surface area (Å²) in [6.07, 6.45) is 5.52. The monoisotopic (exact) mass is 247 g/mol. The normalized spacial score (nSPS) is 31.4. The van der Waals surface area contributed by atoms with Gasteiger partial charge in [-0.05, 0) is 69.0 Å². The lowest BCUT2D eigenvalue weighted by Crippen LogP contribution is -2.25. The van der Waals surface area contributed by atoms with Crippen molar-refractivity contribution in [3.63, 3.8) is 0 Å². The fourth-order valence-corrected chi connectivity index (χ4v) is 3.85. The molecule has 1 N–H and O–H groups in total. The summed E-state index contributed by atoms with van der Waals surface area (Å²) < 4.78 is 5.98. The van der Waals surface area contributed by atoms with Gasteiger partial charge in [-0.3, -0.25) is 0 Å². The topological polar surface area (TPSA) is 25.2 Å². The predicted octanol–water partition coefficient (Wildman–Crippen LogP) is 3.98. The number of aryl methyl sites for hydroxylation is 2. The van der Waals surface area contributed by atoms with Crippen LogP contribution in [0.1, 0.15) is 55.7 Å². The molecule has 0 amide bonds. The highest BCUT2D eigenvalue weighted by Crippen LogP contribution is 2.62. The molecular formula is C16H25NO. The molecule has 3 unspecified atom stereocenters. The predicted molar refractivity (Wildman–Crippen MR) is 73.5 cm³/mol. The zero-order chi connectivity index (χ0) is 12.7. The van der Waals surface area contributed by atoms with Crippen LogP contribution in [0.25, 0.3) is 0 Å². The Kier molecular flexibility index (Phi) is 3.23. The molecule has 0 spiro atoms. The quantitative estimate of drug-likeness (QED) is 0.851. The van der Waals surface area contributed by atoms with Crippen molar-refractivity contribution in [2.45, 2.75) is 52.5 Å². The van der Waals surface area contributed by atoms with Gasteiger partial charge in [0.1, 0.15) is 11.5 Å². The molecule has 2 aliphatic rings.